The first kappa shape index (κ1) is 29.7. The molecule has 1 N–H and O–H groups in total. The number of anilines is 1. The Hall–Kier alpha value is -3.85. The van der Waals surface area contributed by atoms with Crippen LogP contribution in [0.3, 0.4) is 0 Å². The molecule has 208 valence electrons. The molecule has 0 saturated heterocycles. The SMILES string of the molecule is CC[C@@H](C)NC(=O)[C@@H](C)N(Cc1ccccc1)C(=O)CN(c1ccc(OC)cc1)S(=O)(=O)c1ccc(C)cc1. The molecule has 0 spiro atoms. The smallest absolute Gasteiger partial charge is 0.264 e. The molecule has 3 aromatic rings. The van der Waals surface area contributed by atoms with Crippen molar-refractivity contribution in [2.24, 2.45) is 0 Å². The van der Waals surface area contributed by atoms with Crippen molar-refractivity contribution < 1.29 is 22.7 Å². The van der Waals surface area contributed by atoms with E-state index in [9.17, 15) is 18.0 Å². The highest BCUT2D eigenvalue weighted by atomic mass is 32.2. The van der Waals surface area contributed by atoms with Crippen molar-refractivity contribution in [1.29, 1.82) is 0 Å². The van der Waals surface area contributed by atoms with Gasteiger partial charge in [-0.1, -0.05) is 55.0 Å². The summed E-state index contributed by atoms with van der Waals surface area (Å²) in [6.45, 7) is 7.05. The summed E-state index contributed by atoms with van der Waals surface area (Å²) >= 11 is 0. The highest BCUT2D eigenvalue weighted by molar-refractivity contribution is 7.92. The monoisotopic (exact) mass is 551 g/mol. The van der Waals surface area contributed by atoms with Gasteiger partial charge in [0.15, 0.2) is 0 Å². The minimum atomic E-state index is -4.12. The van der Waals surface area contributed by atoms with Crippen molar-refractivity contribution in [1.82, 2.24) is 10.2 Å². The van der Waals surface area contributed by atoms with Gasteiger partial charge in [0.25, 0.3) is 10.0 Å². The highest BCUT2D eigenvalue weighted by Gasteiger charge is 2.32. The molecule has 39 heavy (non-hydrogen) atoms. The van der Waals surface area contributed by atoms with Crippen LogP contribution in [0, 0.1) is 6.92 Å². The summed E-state index contributed by atoms with van der Waals surface area (Å²) in [4.78, 5) is 28.5. The van der Waals surface area contributed by atoms with Crippen LogP contribution in [-0.4, -0.2) is 50.9 Å². The minimum absolute atomic E-state index is 0.0636. The summed E-state index contributed by atoms with van der Waals surface area (Å²) in [6.07, 6.45) is 0.741. The van der Waals surface area contributed by atoms with Crippen molar-refractivity contribution in [2.75, 3.05) is 18.0 Å². The normalized spacial score (nSPS) is 12.7. The summed E-state index contributed by atoms with van der Waals surface area (Å²) in [5.41, 5.74) is 2.05. The number of benzene rings is 3. The van der Waals surface area contributed by atoms with E-state index in [4.69, 9.17) is 4.74 Å². The third-order valence-electron chi connectivity index (χ3n) is 6.61. The lowest BCUT2D eigenvalue weighted by Crippen LogP contribution is -2.52. The zero-order chi connectivity index (χ0) is 28.6. The molecule has 0 aliphatic carbocycles. The number of amides is 2. The zero-order valence-electron chi connectivity index (χ0n) is 23.1. The van der Waals surface area contributed by atoms with E-state index in [1.54, 1.807) is 43.3 Å². The van der Waals surface area contributed by atoms with Crippen LogP contribution >= 0.6 is 0 Å². The lowest BCUT2D eigenvalue weighted by Gasteiger charge is -2.32. The van der Waals surface area contributed by atoms with Gasteiger partial charge in [-0.25, -0.2) is 8.42 Å². The van der Waals surface area contributed by atoms with Crippen LogP contribution in [0.4, 0.5) is 5.69 Å². The Labute approximate surface area is 231 Å². The number of sulfonamides is 1. The fourth-order valence-corrected chi connectivity index (χ4v) is 5.36. The summed E-state index contributed by atoms with van der Waals surface area (Å²) < 4.78 is 34.0. The lowest BCUT2D eigenvalue weighted by atomic mass is 10.1. The second kappa shape index (κ2) is 13.3. The molecule has 0 bridgehead atoms. The van der Waals surface area contributed by atoms with E-state index < -0.39 is 28.5 Å². The number of ether oxygens (including phenoxy) is 1. The lowest BCUT2D eigenvalue weighted by molar-refractivity contribution is -0.139. The number of hydrogen-bond acceptors (Lipinski definition) is 5. The van der Waals surface area contributed by atoms with Gasteiger partial charge in [-0.15, -0.1) is 0 Å². The van der Waals surface area contributed by atoms with Crippen LogP contribution < -0.4 is 14.4 Å². The van der Waals surface area contributed by atoms with Gasteiger partial charge >= 0.3 is 0 Å². The Morgan fingerprint density at radius 3 is 2.10 bits per heavy atom. The third-order valence-corrected chi connectivity index (χ3v) is 8.40. The maximum Gasteiger partial charge on any atom is 0.264 e. The molecule has 0 heterocycles. The van der Waals surface area contributed by atoms with Gasteiger partial charge < -0.3 is 15.0 Å². The van der Waals surface area contributed by atoms with Crippen LogP contribution in [0.1, 0.15) is 38.3 Å². The summed E-state index contributed by atoms with van der Waals surface area (Å²) in [5.74, 6) is -0.248. The Morgan fingerprint density at radius 2 is 1.54 bits per heavy atom. The number of carbonyl (C=O) groups excluding carboxylic acids is 2. The van der Waals surface area contributed by atoms with Gasteiger partial charge in [-0.05, 0) is 69.2 Å². The second-order valence-electron chi connectivity index (χ2n) is 9.52. The van der Waals surface area contributed by atoms with Crippen LogP contribution in [0.2, 0.25) is 0 Å². The number of methoxy groups -OCH3 is 1. The van der Waals surface area contributed by atoms with E-state index >= 15 is 0 Å². The van der Waals surface area contributed by atoms with Crippen LogP contribution in [0.5, 0.6) is 5.75 Å². The van der Waals surface area contributed by atoms with Gasteiger partial charge in [-0.2, -0.15) is 0 Å². The van der Waals surface area contributed by atoms with E-state index in [0.29, 0.717) is 11.4 Å². The quantitative estimate of drug-likeness (QED) is 0.357. The predicted molar refractivity (Wildman–Crippen MR) is 153 cm³/mol. The van der Waals surface area contributed by atoms with Crippen molar-refractivity contribution in [3.8, 4) is 5.75 Å². The third kappa shape index (κ3) is 7.60. The molecule has 9 heteroatoms. The standard InChI is InChI=1S/C30H37N3O5S/c1-6-23(3)31-30(35)24(4)32(20-25-10-8-7-9-11-25)29(34)21-33(26-14-16-27(38-5)17-15-26)39(36,37)28-18-12-22(2)13-19-28/h7-19,23-24H,6,20-21H2,1-5H3,(H,31,35)/t23-,24-/m1/s1. The first-order chi connectivity index (χ1) is 18.6. The van der Waals surface area contributed by atoms with E-state index in [2.05, 4.69) is 5.32 Å². The van der Waals surface area contributed by atoms with Crippen LogP contribution in [-0.2, 0) is 26.2 Å². The molecular weight excluding hydrogens is 514 g/mol. The maximum atomic E-state index is 13.9. The summed E-state index contributed by atoms with van der Waals surface area (Å²) in [5, 5.41) is 2.93. The van der Waals surface area contributed by atoms with Gasteiger partial charge in [0.05, 0.1) is 17.7 Å². The molecule has 8 nitrogen and oxygen atoms in total. The second-order valence-corrected chi connectivity index (χ2v) is 11.4. The number of rotatable bonds is 12. The number of nitrogens with zero attached hydrogens (tertiary/aromatic N) is 2. The zero-order valence-corrected chi connectivity index (χ0v) is 23.9. The van der Waals surface area contributed by atoms with Gasteiger partial charge in [0.2, 0.25) is 11.8 Å². The fourth-order valence-electron chi connectivity index (χ4n) is 3.94. The highest BCUT2D eigenvalue weighted by Crippen LogP contribution is 2.26. The van der Waals surface area contributed by atoms with E-state index in [1.165, 1.54) is 24.1 Å². The maximum absolute atomic E-state index is 13.9. The number of aryl methyl sites for hydroxylation is 1. The average Bonchev–Trinajstić information content (AvgIpc) is 2.94. The minimum Gasteiger partial charge on any atom is -0.497 e. The van der Waals surface area contributed by atoms with E-state index in [0.717, 1.165) is 21.9 Å². The van der Waals surface area contributed by atoms with Crippen molar-refractivity contribution >= 4 is 27.5 Å². The van der Waals surface area contributed by atoms with E-state index in [1.807, 2.05) is 51.1 Å². The molecule has 0 aliphatic heterocycles. The summed E-state index contributed by atoms with van der Waals surface area (Å²) in [7, 11) is -2.60. The Kier molecular flexibility index (Phi) is 10.1. The fraction of sp³-hybridized carbons (Fsp3) is 0.333. The predicted octanol–water partition coefficient (Wildman–Crippen LogP) is 4.53. The van der Waals surface area contributed by atoms with Gasteiger partial charge in [0, 0.05) is 12.6 Å². The molecule has 0 aromatic heterocycles. The Balaban J connectivity index is 2.01. The van der Waals surface area contributed by atoms with E-state index in [-0.39, 0.29) is 23.4 Å². The van der Waals surface area contributed by atoms with Crippen molar-refractivity contribution in [3.05, 3.63) is 90.0 Å². The molecule has 0 aliphatic rings. The van der Waals surface area contributed by atoms with Gasteiger partial charge in [0.1, 0.15) is 18.3 Å². The summed E-state index contributed by atoms with van der Waals surface area (Å²) in [6, 6.07) is 21.4. The molecule has 3 rings (SSSR count). The molecule has 0 radical (unpaired) electrons. The topological polar surface area (TPSA) is 96.0 Å². The molecule has 2 amide bonds. The number of carbonyl (C=O) groups is 2. The molecule has 2 atom stereocenters. The molecule has 0 fully saturated rings. The largest absolute Gasteiger partial charge is 0.497 e. The molecule has 0 saturated carbocycles. The Bertz CT molecular complexity index is 1340. The van der Waals surface area contributed by atoms with Crippen LogP contribution in [0.15, 0.2) is 83.8 Å². The van der Waals surface area contributed by atoms with Gasteiger partial charge in [-0.3, -0.25) is 13.9 Å². The van der Waals surface area contributed by atoms with Crippen molar-refractivity contribution in [3.63, 3.8) is 0 Å². The number of nitrogens with one attached hydrogen (secondary N) is 1. The van der Waals surface area contributed by atoms with Crippen molar-refractivity contribution in [2.45, 2.75) is 57.6 Å². The Morgan fingerprint density at radius 1 is 0.923 bits per heavy atom. The molecule has 0 unspecified atom stereocenters. The van der Waals surface area contributed by atoms with Crippen LogP contribution in [0.25, 0.3) is 0 Å². The number of hydrogen-bond donors (Lipinski definition) is 1. The first-order valence-corrected chi connectivity index (χ1v) is 14.4. The first-order valence-electron chi connectivity index (χ1n) is 12.9. The molecule has 3 aromatic carbocycles. The average molecular weight is 552 g/mol. The molecular formula is C30H37N3O5S.